The molecular weight excluding hydrogens is 270 g/mol. The molecule has 0 atom stereocenters. The smallest absolute Gasteiger partial charge is 0.226 e. The molecule has 0 radical (unpaired) electrons. The van der Waals surface area contributed by atoms with Gasteiger partial charge in [-0.1, -0.05) is 18.2 Å². The van der Waals surface area contributed by atoms with Crippen molar-refractivity contribution in [3.8, 4) is 5.75 Å². The average molecular weight is 289 g/mol. The molecule has 0 N–H and O–H groups in total. The zero-order chi connectivity index (χ0) is 14.4. The molecule has 0 bridgehead atoms. The molecule has 0 fully saturated rings. The second-order valence-electron chi connectivity index (χ2n) is 4.69. The summed E-state index contributed by atoms with van der Waals surface area (Å²) in [6, 6.07) is 11.6. The summed E-state index contributed by atoms with van der Waals surface area (Å²) >= 11 is 1.69. The first-order valence-corrected chi connectivity index (χ1v) is 7.49. The van der Waals surface area contributed by atoms with Crippen molar-refractivity contribution in [2.45, 2.75) is 19.9 Å². The summed E-state index contributed by atoms with van der Waals surface area (Å²) in [5, 5.41) is 2.06. The van der Waals surface area contributed by atoms with E-state index in [-0.39, 0.29) is 5.91 Å². The van der Waals surface area contributed by atoms with Crippen LogP contribution in [0.5, 0.6) is 5.75 Å². The van der Waals surface area contributed by atoms with Gasteiger partial charge >= 0.3 is 0 Å². The van der Waals surface area contributed by atoms with Crippen molar-refractivity contribution in [1.29, 1.82) is 0 Å². The number of carbonyl (C=O) groups is 1. The third kappa shape index (κ3) is 4.10. The Balaban J connectivity index is 1.76. The minimum atomic E-state index is 0.105. The van der Waals surface area contributed by atoms with Gasteiger partial charge in [-0.05, 0) is 36.1 Å². The Hall–Kier alpha value is -1.81. The van der Waals surface area contributed by atoms with Crippen molar-refractivity contribution in [3.05, 3.63) is 52.2 Å². The summed E-state index contributed by atoms with van der Waals surface area (Å²) in [6.45, 7) is 3.16. The largest absolute Gasteiger partial charge is 0.493 e. The van der Waals surface area contributed by atoms with Crippen LogP contribution in [0.3, 0.4) is 0 Å². The Labute approximate surface area is 123 Å². The molecule has 4 heteroatoms. The molecule has 0 saturated heterocycles. The van der Waals surface area contributed by atoms with Gasteiger partial charge in [0.2, 0.25) is 5.91 Å². The average Bonchev–Trinajstić information content (AvgIpc) is 2.85. The minimum Gasteiger partial charge on any atom is -0.493 e. The highest BCUT2D eigenvalue weighted by Crippen LogP contribution is 2.17. The van der Waals surface area contributed by atoms with Gasteiger partial charge in [-0.3, -0.25) is 4.79 Å². The van der Waals surface area contributed by atoms with Gasteiger partial charge in [-0.2, -0.15) is 0 Å². The van der Waals surface area contributed by atoms with E-state index in [1.54, 1.807) is 16.2 Å². The van der Waals surface area contributed by atoms with Crippen LogP contribution in [0.2, 0.25) is 0 Å². The molecule has 1 heterocycles. The minimum absolute atomic E-state index is 0.105. The Kier molecular flexibility index (Phi) is 5.18. The fourth-order valence-corrected chi connectivity index (χ4v) is 2.79. The molecule has 1 aromatic heterocycles. The van der Waals surface area contributed by atoms with Gasteiger partial charge in [0.05, 0.1) is 19.6 Å². The van der Waals surface area contributed by atoms with E-state index >= 15 is 0 Å². The number of thiophene rings is 1. The van der Waals surface area contributed by atoms with E-state index in [0.29, 0.717) is 19.6 Å². The quantitative estimate of drug-likeness (QED) is 0.814. The van der Waals surface area contributed by atoms with Crippen molar-refractivity contribution in [2.24, 2.45) is 0 Å². The summed E-state index contributed by atoms with van der Waals surface area (Å²) in [4.78, 5) is 15.0. The lowest BCUT2D eigenvalue weighted by Crippen LogP contribution is -2.27. The highest BCUT2D eigenvalue weighted by molar-refractivity contribution is 7.10. The molecular formula is C16H19NO2S. The van der Waals surface area contributed by atoms with E-state index in [0.717, 1.165) is 5.75 Å². The fraction of sp³-hybridized carbons (Fsp3) is 0.312. The van der Waals surface area contributed by atoms with Crippen molar-refractivity contribution in [2.75, 3.05) is 13.7 Å². The lowest BCUT2D eigenvalue weighted by molar-refractivity contribution is -0.130. The van der Waals surface area contributed by atoms with Crippen LogP contribution >= 0.6 is 11.3 Å². The number of amides is 1. The summed E-state index contributed by atoms with van der Waals surface area (Å²) in [5.41, 5.74) is 1.25. The molecule has 1 aromatic carbocycles. The summed E-state index contributed by atoms with van der Waals surface area (Å²) < 4.78 is 5.54. The number of aryl methyl sites for hydroxylation is 1. The van der Waals surface area contributed by atoms with Crippen LogP contribution in [0.25, 0.3) is 0 Å². The monoisotopic (exact) mass is 289 g/mol. The Morgan fingerprint density at radius 1 is 1.25 bits per heavy atom. The molecule has 0 aliphatic heterocycles. The first-order chi connectivity index (χ1) is 9.66. The molecule has 106 valence electrons. The molecule has 2 aromatic rings. The van der Waals surface area contributed by atoms with Crippen LogP contribution in [-0.2, 0) is 11.3 Å². The molecule has 0 unspecified atom stereocenters. The molecule has 2 rings (SSSR count). The fourth-order valence-electron chi connectivity index (χ4n) is 1.83. The summed E-state index contributed by atoms with van der Waals surface area (Å²) in [5.74, 6) is 0.908. The van der Waals surface area contributed by atoms with Gasteiger partial charge in [-0.25, -0.2) is 0 Å². The number of para-hydroxylation sites is 1. The predicted molar refractivity (Wildman–Crippen MR) is 82.1 cm³/mol. The SMILES string of the molecule is Cc1ccsc1CN(C)C(=O)CCOc1ccccc1. The number of rotatable bonds is 6. The van der Waals surface area contributed by atoms with Gasteiger partial charge in [0, 0.05) is 11.9 Å². The predicted octanol–water partition coefficient (Wildman–Crippen LogP) is 3.48. The number of nitrogens with zero attached hydrogens (tertiary/aromatic N) is 1. The van der Waals surface area contributed by atoms with Crippen LogP contribution in [0.1, 0.15) is 16.9 Å². The second-order valence-corrected chi connectivity index (χ2v) is 5.69. The normalized spacial score (nSPS) is 10.3. The molecule has 0 saturated carbocycles. The lowest BCUT2D eigenvalue weighted by Gasteiger charge is -2.17. The molecule has 1 amide bonds. The van der Waals surface area contributed by atoms with Gasteiger partial charge in [0.25, 0.3) is 0 Å². The number of hydrogen-bond acceptors (Lipinski definition) is 3. The van der Waals surface area contributed by atoms with Gasteiger partial charge in [0.15, 0.2) is 0 Å². The zero-order valence-electron chi connectivity index (χ0n) is 11.8. The first-order valence-electron chi connectivity index (χ1n) is 6.61. The maximum Gasteiger partial charge on any atom is 0.226 e. The molecule has 0 spiro atoms. The summed E-state index contributed by atoms with van der Waals surface area (Å²) in [7, 11) is 1.84. The van der Waals surface area contributed by atoms with Crippen molar-refractivity contribution in [1.82, 2.24) is 4.90 Å². The van der Waals surface area contributed by atoms with Crippen LogP contribution in [-0.4, -0.2) is 24.5 Å². The van der Waals surface area contributed by atoms with E-state index < -0.39 is 0 Å². The van der Waals surface area contributed by atoms with Crippen LogP contribution in [0, 0.1) is 6.92 Å². The van der Waals surface area contributed by atoms with E-state index in [1.165, 1.54) is 10.4 Å². The molecule has 0 aliphatic rings. The van der Waals surface area contributed by atoms with Crippen LogP contribution in [0.4, 0.5) is 0 Å². The number of carbonyl (C=O) groups excluding carboxylic acids is 1. The lowest BCUT2D eigenvalue weighted by atomic mass is 10.2. The van der Waals surface area contributed by atoms with E-state index in [2.05, 4.69) is 18.4 Å². The number of benzene rings is 1. The topological polar surface area (TPSA) is 29.5 Å². The third-order valence-corrected chi connectivity index (χ3v) is 4.11. The Bertz CT molecular complexity index is 551. The maximum absolute atomic E-state index is 12.0. The first kappa shape index (κ1) is 14.6. The van der Waals surface area contributed by atoms with Crippen LogP contribution in [0.15, 0.2) is 41.8 Å². The highest BCUT2D eigenvalue weighted by Gasteiger charge is 2.11. The maximum atomic E-state index is 12.0. The summed E-state index contributed by atoms with van der Waals surface area (Å²) in [6.07, 6.45) is 0.399. The molecule has 0 aliphatic carbocycles. The number of hydrogen-bond donors (Lipinski definition) is 0. The zero-order valence-corrected chi connectivity index (χ0v) is 12.7. The standard InChI is InChI=1S/C16H19NO2S/c1-13-9-11-20-15(13)12-17(2)16(18)8-10-19-14-6-4-3-5-7-14/h3-7,9,11H,8,10,12H2,1-2H3. The third-order valence-electron chi connectivity index (χ3n) is 3.10. The molecule has 20 heavy (non-hydrogen) atoms. The van der Waals surface area contributed by atoms with Crippen molar-refractivity contribution >= 4 is 17.2 Å². The number of ether oxygens (including phenoxy) is 1. The Morgan fingerprint density at radius 3 is 2.65 bits per heavy atom. The van der Waals surface area contributed by atoms with Crippen molar-refractivity contribution < 1.29 is 9.53 Å². The van der Waals surface area contributed by atoms with Gasteiger partial charge < -0.3 is 9.64 Å². The van der Waals surface area contributed by atoms with E-state index in [1.807, 2.05) is 37.4 Å². The van der Waals surface area contributed by atoms with Gasteiger partial charge in [-0.15, -0.1) is 11.3 Å². The molecule has 3 nitrogen and oxygen atoms in total. The Morgan fingerprint density at radius 2 is 2.00 bits per heavy atom. The van der Waals surface area contributed by atoms with Gasteiger partial charge in [0.1, 0.15) is 5.75 Å². The highest BCUT2D eigenvalue weighted by atomic mass is 32.1. The van der Waals surface area contributed by atoms with E-state index in [4.69, 9.17) is 4.74 Å². The van der Waals surface area contributed by atoms with E-state index in [9.17, 15) is 4.79 Å². The van der Waals surface area contributed by atoms with Crippen LogP contribution < -0.4 is 4.74 Å². The second kappa shape index (κ2) is 7.10. The van der Waals surface area contributed by atoms with Crippen molar-refractivity contribution in [3.63, 3.8) is 0 Å².